The molecule has 0 spiro atoms. The third kappa shape index (κ3) is 5.06. The van der Waals surface area contributed by atoms with Crippen molar-refractivity contribution in [2.75, 3.05) is 13.1 Å². The molecule has 0 saturated heterocycles. The van der Waals surface area contributed by atoms with Crippen molar-refractivity contribution >= 4 is 10.0 Å². The van der Waals surface area contributed by atoms with Crippen molar-refractivity contribution < 1.29 is 26.0 Å². The summed E-state index contributed by atoms with van der Waals surface area (Å²) in [5, 5.41) is 2.91. The molecule has 0 radical (unpaired) electrons. The average Bonchev–Trinajstić information content (AvgIpc) is 2.33. The van der Waals surface area contributed by atoms with Gasteiger partial charge in [0, 0.05) is 6.54 Å². The van der Waals surface area contributed by atoms with Crippen molar-refractivity contribution in [1.29, 1.82) is 0 Å². The zero-order valence-corrected chi connectivity index (χ0v) is 11.4. The van der Waals surface area contributed by atoms with E-state index < -0.39 is 33.5 Å². The predicted molar refractivity (Wildman–Crippen MR) is 65.0 cm³/mol. The maximum atomic E-state index is 13.7. The molecule has 0 aliphatic heterocycles. The highest BCUT2D eigenvalue weighted by atomic mass is 32.2. The molecule has 0 atom stereocenters. The topological polar surface area (TPSA) is 58.2 Å². The van der Waals surface area contributed by atoms with E-state index in [4.69, 9.17) is 0 Å². The highest BCUT2D eigenvalue weighted by Crippen LogP contribution is 2.18. The van der Waals surface area contributed by atoms with Gasteiger partial charge in [-0.15, -0.1) is 0 Å². The Bertz CT molecular complexity index is 558. The van der Waals surface area contributed by atoms with Gasteiger partial charge in [-0.25, -0.2) is 17.5 Å². The van der Waals surface area contributed by atoms with Gasteiger partial charge in [-0.2, -0.15) is 13.2 Å². The normalized spacial score (nSPS) is 12.7. The fourth-order valence-electron chi connectivity index (χ4n) is 1.40. The molecule has 0 saturated carbocycles. The SMILES string of the molecule is CCNCc1ccc(S(=O)(=O)NCC(F)(F)F)c(F)c1. The molecular weight excluding hydrogens is 300 g/mol. The fourth-order valence-corrected chi connectivity index (χ4v) is 2.47. The molecular formula is C11H14F4N2O2S. The van der Waals surface area contributed by atoms with Gasteiger partial charge in [0.05, 0.1) is 0 Å². The van der Waals surface area contributed by atoms with Crippen LogP contribution in [0.3, 0.4) is 0 Å². The monoisotopic (exact) mass is 314 g/mol. The van der Waals surface area contributed by atoms with Crippen LogP contribution < -0.4 is 10.0 Å². The summed E-state index contributed by atoms with van der Waals surface area (Å²) in [7, 11) is -4.53. The van der Waals surface area contributed by atoms with Crippen LogP contribution in [-0.2, 0) is 16.6 Å². The number of hydrogen-bond acceptors (Lipinski definition) is 3. The van der Waals surface area contributed by atoms with Crippen molar-refractivity contribution in [2.24, 2.45) is 0 Å². The summed E-state index contributed by atoms with van der Waals surface area (Å²) >= 11 is 0. The lowest BCUT2D eigenvalue weighted by Gasteiger charge is -2.11. The average molecular weight is 314 g/mol. The molecule has 114 valence electrons. The van der Waals surface area contributed by atoms with Crippen LogP contribution in [0.4, 0.5) is 17.6 Å². The smallest absolute Gasteiger partial charge is 0.313 e. The zero-order valence-electron chi connectivity index (χ0n) is 10.6. The summed E-state index contributed by atoms with van der Waals surface area (Å²) in [6.45, 7) is 1.09. The number of nitrogens with one attached hydrogen (secondary N) is 2. The van der Waals surface area contributed by atoms with E-state index in [1.54, 1.807) is 0 Å². The van der Waals surface area contributed by atoms with Crippen LogP contribution in [-0.4, -0.2) is 27.7 Å². The van der Waals surface area contributed by atoms with Gasteiger partial charge in [0.15, 0.2) is 0 Å². The molecule has 0 aromatic heterocycles. The number of rotatable bonds is 6. The van der Waals surface area contributed by atoms with Crippen LogP contribution in [0.25, 0.3) is 0 Å². The van der Waals surface area contributed by atoms with Gasteiger partial charge in [-0.05, 0) is 24.2 Å². The van der Waals surface area contributed by atoms with Gasteiger partial charge in [-0.1, -0.05) is 13.0 Å². The van der Waals surface area contributed by atoms with E-state index in [0.717, 1.165) is 12.1 Å². The molecule has 1 aromatic carbocycles. The van der Waals surface area contributed by atoms with Crippen molar-refractivity contribution in [3.05, 3.63) is 29.6 Å². The Kier molecular flexibility index (Phi) is 5.49. The first-order valence-corrected chi connectivity index (χ1v) is 7.19. The molecule has 0 aliphatic rings. The van der Waals surface area contributed by atoms with E-state index in [-0.39, 0.29) is 0 Å². The Hall–Kier alpha value is -1.19. The van der Waals surface area contributed by atoms with Gasteiger partial charge in [-0.3, -0.25) is 0 Å². The van der Waals surface area contributed by atoms with Crippen molar-refractivity contribution in [1.82, 2.24) is 10.0 Å². The molecule has 4 nitrogen and oxygen atoms in total. The van der Waals surface area contributed by atoms with Crippen molar-refractivity contribution in [3.63, 3.8) is 0 Å². The van der Waals surface area contributed by atoms with E-state index in [1.807, 2.05) is 6.92 Å². The predicted octanol–water partition coefficient (Wildman–Crippen LogP) is 1.78. The van der Waals surface area contributed by atoms with E-state index in [0.29, 0.717) is 18.7 Å². The van der Waals surface area contributed by atoms with Crippen molar-refractivity contribution in [2.45, 2.75) is 24.5 Å². The molecule has 1 rings (SSSR count). The quantitative estimate of drug-likeness (QED) is 0.787. The number of sulfonamides is 1. The summed E-state index contributed by atoms with van der Waals surface area (Å²) in [6, 6.07) is 3.26. The Labute approximate surface area is 114 Å². The lowest BCUT2D eigenvalue weighted by molar-refractivity contribution is -0.121. The zero-order chi connectivity index (χ0) is 15.4. The second-order valence-corrected chi connectivity index (χ2v) is 5.72. The third-order valence-corrected chi connectivity index (χ3v) is 3.76. The molecule has 0 aliphatic carbocycles. The highest BCUT2D eigenvalue weighted by Gasteiger charge is 2.31. The molecule has 1 aromatic rings. The summed E-state index contributed by atoms with van der Waals surface area (Å²) < 4.78 is 74.0. The van der Waals surface area contributed by atoms with E-state index in [1.165, 1.54) is 10.8 Å². The molecule has 2 N–H and O–H groups in total. The standard InChI is InChI=1S/C11H14F4N2O2S/c1-2-16-6-8-3-4-10(9(12)5-8)20(18,19)17-7-11(13,14)15/h3-5,16-17H,2,6-7H2,1H3. The van der Waals surface area contributed by atoms with Gasteiger partial charge in [0.1, 0.15) is 17.3 Å². The van der Waals surface area contributed by atoms with Gasteiger partial charge >= 0.3 is 6.18 Å². The summed E-state index contributed by atoms with van der Waals surface area (Å²) in [4.78, 5) is -0.804. The van der Waals surface area contributed by atoms with Gasteiger partial charge in [0.25, 0.3) is 0 Å². The first kappa shape index (κ1) is 16.9. The van der Waals surface area contributed by atoms with Crippen LogP contribution in [0.15, 0.2) is 23.1 Å². The minimum Gasteiger partial charge on any atom is -0.313 e. The minimum absolute atomic E-state index is 0.337. The lowest BCUT2D eigenvalue weighted by Crippen LogP contribution is -2.34. The first-order valence-electron chi connectivity index (χ1n) is 5.71. The molecule has 0 amide bonds. The third-order valence-electron chi connectivity index (χ3n) is 2.33. The molecule has 0 unspecified atom stereocenters. The van der Waals surface area contributed by atoms with E-state index in [2.05, 4.69) is 5.32 Å². The first-order chi connectivity index (χ1) is 9.15. The van der Waals surface area contributed by atoms with Gasteiger partial charge < -0.3 is 5.32 Å². The number of hydrogen-bond donors (Lipinski definition) is 2. The Balaban J connectivity index is 2.90. The van der Waals surface area contributed by atoms with Crippen LogP contribution in [0.5, 0.6) is 0 Å². The Morgan fingerprint density at radius 1 is 1.25 bits per heavy atom. The largest absolute Gasteiger partial charge is 0.402 e. The van der Waals surface area contributed by atoms with Crippen LogP contribution in [0.2, 0.25) is 0 Å². The Morgan fingerprint density at radius 3 is 2.40 bits per heavy atom. The fraction of sp³-hybridized carbons (Fsp3) is 0.455. The highest BCUT2D eigenvalue weighted by molar-refractivity contribution is 7.89. The molecule has 0 fully saturated rings. The molecule has 9 heteroatoms. The van der Waals surface area contributed by atoms with Crippen LogP contribution in [0, 0.1) is 5.82 Å². The summed E-state index contributed by atoms with van der Waals surface area (Å²) in [5.41, 5.74) is 0.499. The molecule has 20 heavy (non-hydrogen) atoms. The van der Waals surface area contributed by atoms with Gasteiger partial charge in [0.2, 0.25) is 10.0 Å². The molecule has 0 bridgehead atoms. The van der Waals surface area contributed by atoms with Crippen LogP contribution in [0.1, 0.15) is 12.5 Å². The molecule has 0 heterocycles. The second-order valence-electron chi connectivity index (χ2n) is 3.98. The number of benzene rings is 1. The lowest BCUT2D eigenvalue weighted by atomic mass is 10.2. The minimum atomic E-state index is -4.70. The van der Waals surface area contributed by atoms with Crippen LogP contribution >= 0.6 is 0 Å². The maximum absolute atomic E-state index is 13.7. The number of halogens is 4. The summed E-state index contributed by atoms with van der Waals surface area (Å²) in [6.07, 6.45) is -4.70. The number of alkyl halides is 3. The second kappa shape index (κ2) is 6.51. The van der Waals surface area contributed by atoms with E-state index in [9.17, 15) is 26.0 Å². The van der Waals surface area contributed by atoms with Crippen molar-refractivity contribution in [3.8, 4) is 0 Å². The maximum Gasteiger partial charge on any atom is 0.402 e. The summed E-state index contributed by atoms with van der Waals surface area (Å²) in [5.74, 6) is -1.09. The Morgan fingerprint density at radius 2 is 1.90 bits per heavy atom. The van der Waals surface area contributed by atoms with E-state index >= 15 is 0 Å².